The summed E-state index contributed by atoms with van der Waals surface area (Å²) in [5.74, 6) is 0.570. The second kappa shape index (κ2) is 8.89. The molecular formula is C13H24N4O3. The third kappa shape index (κ3) is 5.44. The zero-order valence-corrected chi connectivity index (χ0v) is 12.1. The first-order chi connectivity index (χ1) is 9.88. The van der Waals surface area contributed by atoms with Crippen molar-refractivity contribution in [3.8, 4) is 0 Å². The van der Waals surface area contributed by atoms with Crippen LogP contribution in [0.25, 0.3) is 0 Å². The lowest BCUT2D eigenvalue weighted by molar-refractivity contribution is 0.0656. The first kappa shape index (κ1) is 15.2. The fraction of sp³-hybridized carbons (Fsp3) is 0.846. The summed E-state index contributed by atoms with van der Waals surface area (Å²) in [5.41, 5.74) is 0. The van der Waals surface area contributed by atoms with Crippen LogP contribution in [0.5, 0.6) is 0 Å². The van der Waals surface area contributed by atoms with Crippen LogP contribution in [0.3, 0.4) is 0 Å². The van der Waals surface area contributed by atoms with Gasteiger partial charge in [-0.15, -0.1) is 5.10 Å². The van der Waals surface area contributed by atoms with Crippen molar-refractivity contribution in [2.24, 2.45) is 0 Å². The molecule has 2 rings (SSSR count). The molecule has 0 unspecified atom stereocenters. The summed E-state index contributed by atoms with van der Waals surface area (Å²) in [6, 6.07) is 0.448. The maximum atomic E-state index is 5.74. The number of anilines is 1. The van der Waals surface area contributed by atoms with Gasteiger partial charge in [0.1, 0.15) is 0 Å². The average Bonchev–Trinajstić information content (AvgIpc) is 3.11. The summed E-state index contributed by atoms with van der Waals surface area (Å²) in [6.45, 7) is 3.34. The predicted molar refractivity (Wildman–Crippen MR) is 74.6 cm³/mol. The summed E-state index contributed by atoms with van der Waals surface area (Å²) in [7, 11) is 1.67. The fourth-order valence-corrected chi connectivity index (χ4v) is 2.20. The van der Waals surface area contributed by atoms with Crippen molar-refractivity contribution in [1.29, 1.82) is 0 Å². The Bertz CT molecular complexity index is 366. The van der Waals surface area contributed by atoms with Gasteiger partial charge in [0.25, 0.3) is 0 Å². The van der Waals surface area contributed by atoms with Gasteiger partial charge in [-0.25, -0.2) is 0 Å². The van der Waals surface area contributed by atoms with E-state index in [4.69, 9.17) is 13.9 Å². The molecule has 1 aromatic rings. The average molecular weight is 284 g/mol. The van der Waals surface area contributed by atoms with Crippen molar-refractivity contribution < 1.29 is 13.9 Å². The maximum absolute atomic E-state index is 5.74. The molecule has 7 nitrogen and oxygen atoms in total. The third-order valence-corrected chi connectivity index (χ3v) is 3.26. The van der Waals surface area contributed by atoms with Crippen molar-refractivity contribution >= 4 is 6.01 Å². The molecule has 0 radical (unpaired) electrons. The number of hydrogen-bond acceptors (Lipinski definition) is 7. The molecule has 0 bridgehead atoms. The molecular weight excluding hydrogens is 260 g/mol. The van der Waals surface area contributed by atoms with E-state index in [2.05, 4.69) is 20.8 Å². The zero-order chi connectivity index (χ0) is 14.0. The van der Waals surface area contributed by atoms with E-state index < -0.39 is 0 Å². The molecule has 1 heterocycles. The lowest BCUT2D eigenvalue weighted by Gasteiger charge is -2.10. The fourth-order valence-electron chi connectivity index (χ4n) is 2.20. The summed E-state index contributed by atoms with van der Waals surface area (Å²) >= 11 is 0. The molecule has 2 N–H and O–H groups in total. The zero-order valence-electron chi connectivity index (χ0n) is 12.1. The summed E-state index contributed by atoms with van der Waals surface area (Å²) < 4.78 is 16.1. The first-order valence-corrected chi connectivity index (χ1v) is 7.26. The van der Waals surface area contributed by atoms with Crippen LogP contribution in [0.2, 0.25) is 0 Å². The van der Waals surface area contributed by atoms with E-state index in [9.17, 15) is 0 Å². The normalized spacial score (nSPS) is 15.8. The highest BCUT2D eigenvalue weighted by atomic mass is 16.5. The number of rotatable bonds is 10. The topological polar surface area (TPSA) is 81.4 Å². The van der Waals surface area contributed by atoms with Gasteiger partial charge < -0.3 is 24.5 Å². The highest BCUT2D eigenvalue weighted by Crippen LogP contribution is 2.20. The van der Waals surface area contributed by atoms with Crippen molar-refractivity contribution in [3.63, 3.8) is 0 Å². The lowest BCUT2D eigenvalue weighted by atomic mass is 10.3. The largest absolute Gasteiger partial charge is 0.407 e. The predicted octanol–water partition coefficient (Wildman–Crippen LogP) is 1.18. The number of hydrogen-bond donors (Lipinski definition) is 2. The molecule has 114 valence electrons. The Morgan fingerprint density at radius 2 is 2.05 bits per heavy atom. The summed E-state index contributed by atoms with van der Waals surface area (Å²) in [5, 5.41) is 14.1. The van der Waals surface area contributed by atoms with Gasteiger partial charge in [0.2, 0.25) is 5.89 Å². The van der Waals surface area contributed by atoms with Crippen LogP contribution in [-0.4, -0.2) is 49.7 Å². The monoisotopic (exact) mass is 284 g/mol. The van der Waals surface area contributed by atoms with Crippen LogP contribution >= 0.6 is 0 Å². The van der Waals surface area contributed by atoms with Crippen LogP contribution < -0.4 is 10.6 Å². The molecule has 0 aromatic carbocycles. The van der Waals surface area contributed by atoms with Crippen molar-refractivity contribution in [1.82, 2.24) is 15.5 Å². The second-order valence-electron chi connectivity index (χ2n) is 4.87. The Balaban J connectivity index is 1.55. The van der Waals surface area contributed by atoms with Crippen molar-refractivity contribution in [2.45, 2.75) is 38.3 Å². The van der Waals surface area contributed by atoms with Crippen LogP contribution in [-0.2, 0) is 16.0 Å². The second-order valence-corrected chi connectivity index (χ2v) is 4.87. The first-order valence-electron chi connectivity index (χ1n) is 7.26. The van der Waals surface area contributed by atoms with Gasteiger partial charge in [0.05, 0.1) is 25.9 Å². The van der Waals surface area contributed by atoms with E-state index in [1.165, 1.54) is 25.7 Å². The minimum atomic E-state index is 0.444. The molecule has 0 aliphatic heterocycles. The Kier molecular flexibility index (Phi) is 6.76. The molecule has 0 spiro atoms. The van der Waals surface area contributed by atoms with Gasteiger partial charge in [0, 0.05) is 20.2 Å². The maximum Gasteiger partial charge on any atom is 0.315 e. The molecule has 1 aromatic heterocycles. The molecule has 20 heavy (non-hydrogen) atoms. The Labute approximate surface area is 119 Å². The standard InChI is InChI=1S/C13H24N4O3/c1-18-8-6-14-10-12-16-17-13(20-12)15-7-9-19-11-4-2-3-5-11/h11,14H,2-10H2,1H3,(H,15,17). The van der Waals surface area contributed by atoms with Gasteiger partial charge >= 0.3 is 6.01 Å². The number of methoxy groups -OCH3 is 1. The van der Waals surface area contributed by atoms with Crippen LogP contribution in [0.15, 0.2) is 4.42 Å². The number of nitrogens with zero attached hydrogens (tertiary/aromatic N) is 2. The number of ether oxygens (including phenoxy) is 2. The molecule has 0 atom stereocenters. The Morgan fingerprint density at radius 1 is 1.20 bits per heavy atom. The van der Waals surface area contributed by atoms with Gasteiger partial charge in [-0.05, 0) is 12.8 Å². The Morgan fingerprint density at radius 3 is 2.85 bits per heavy atom. The van der Waals surface area contributed by atoms with Gasteiger partial charge in [-0.3, -0.25) is 0 Å². The van der Waals surface area contributed by atoms with E-state index in [0.29, 0.717) is 44.3 Å². The molecule has 0 amide bonds. The quantitative estimate of drug-likeness (QED) is 0.624. The van der Waals surface area contributed by atoms with E-state index in [1.807, 2.05) is 0 Å². The van der Waals surface area contributed by atoms with Gasteiger partial charge in [-0.1, -0.05) is 17.9 Å². The number of aromatic nitrogens is 2. The highest BCUT2D eigenvalue weighted by molar-refractivity contribution is 5.16. The smallest absolute Gasteiger partial charge is 0.315 e. The van der Waals surface area contributed by atoms with Gasteiger partial charge in [0.15, 0.2) is 0 Å². The highest BCUT2D eigenvalue weighted by Gasteiger charge is 2.14. The third-order valence-electron chi connectivity index (χ3n) is 3.26. The summed E-state index contributed by atoms with van der Waals surface area (Å²) in [4.78, 5) is 0. The van der Waals surface area contributed by atoms with Crippen LogP contribution in [0, 0.1) is 0 Å². The number of nitrogens with one attached hydrogen (secondary N) is 2. The minimum Gasteiger partial charge on any atom is -0.407 e. The lowest BCUT2D eigenvalue weighted by Crippen LogP contribution is -2.18. The van der Waals surface area contributed by atoms with E-state index in [-0.39, 0.29) is 0 Å². The van der Waals surface area contributed by atoms with Crippen LogP contribution in [0.1, 0.15) is 31.6 Å². The summed E-state index contributed by atoms with van der Waals surface area (Å²) in [6.07, 6.45) is 5.41. The van der Waals surface area contributed by atoms with Crippen molar-refractivity contribution in [2.75, 3.05) is 38.7 Å². The van der Waals surface area contributed by atoms with Crippen LogP contribution in [0.4, 0.5) is 6.01 Å². The van der Waals surface area contributed by atoms with Gasteiger partial charge in [-0.2, -0.15) is 0 Å². The van der Waals surface area contributed by atoms with E-state index in [0.717, 1.165) is 6.54 Å². The molecule has 0 saturated heterocycles. The SMILES string of the molecule is COCCNCc1nnc(NCCOC2CCCC2)o1. The minimum absolute atomic E-state index is 0.444. The molecule has 1 saturated carbocycles. The Hall–Kier alpha value is -1.18. The molecule has 1 aliphatic carbocycles. The molecule has 7 heteroatoms. The molecule has 1 aliphatic rings. The molecule has 1 fully saturated rings. The van der Waals surface area contributed by atoms with E-state index in [1.54, 1.807) is 7.11 Å². The van der Waals surface area contributed by atoms with E-state index >= 15 is 0 Å². The van der Waals surface area contributed by atoms with Crippen molar-refractivity contribution in [3.05, 3.63) is 5.89 Å².